The Hall–Kier alpha value is -2.23. The molecule has 0 aromatic carbocycles. The Morgan fingerprint density at radius 2 is 2.14 bits per heavy atom. The van der Waals surface area contributed by atoms with Gasteiger partial charge < -0.3 is 10.3 Å². The van der Waals surface area contributed by atoms with E-state index in [1.54, 1.807) is 22.8 Å². The summed E-state index contributed by atoms with van der Waals surface area (Å²) in [5.74, 6) is 0.879. The van der Waals surface area contributed by atoms with Gasteiger partial charge in [-0.15, -0.1) is 0 Å². The first kappa shape index (κ1) is 19.1. The lowest BCUT2D eigenvalue weighted by molar-refractivity contribution is 0.276. The van der Waals surface area contributed by atoms with E-state index in [1.807, 2.05) is 12.3 Å². The van der Waals surface area contributed by atoms with Crippen molar-refractivity contribution >= 4 is 38.6 Å². The lowest BCUT2D eigenvalue weighted by atomic mass is 10.00. The van der Waals surface area contributed by atoms with E-state index in [1.165, 1.54) is 6.26 Å². The van der Waals surface area contributed by atoms with Crippen molar-refractivity contribution in [2.75, 3.05) is 31.2 Å². The molecule has 0 amide bonds. The van der Waals surface area contributed by atoms with Crippen LogP contribution in [-0.2, 0) is 10.0 Å². The van der Waals surface area contributed by atoms with Gasteiger partial charge in [-0.25, -0.2) is 22.7 Å². The van der Waals surface area contributed by atoms with Gasteiger partial charge in [0.05, 0.1) is 6.26 Å². The molecule has 0 bridgehead atoms. The van der Waals surface area contributed by atoms with Crippen LogP contribution in [0.2, 0.25) is 5.15 Å². The molecule has 2 N–H and O–H groups in total. The monoisotopic (exact) mass is 420 g/mol. The van der Waals surface area contributed by atoms with E-state index in [2.05, 4.69) is 25.3 Å². The van der Waals surface area contributed by atoms with Crippen LogP contribution < -0.4 is 5.32 Å². The molecule has 0 radical (unpaired) electrons. The van der Waals surface area contributed by atoms with Crippen molar-refractivity contribution in [2.45, 2.75) is 12.8 Å². The number of aromatic amines is 1. The maximum atomic E-state index is 11.8. The summed E-state index contributed by atoms with van der Waals surface area (Å²) in [4.78, 5) is 16.1. The Balaban J connectivity index is 1.52. The molecule has 1 saturated heterocycles. The molecule has 3 aromatic heterocycles. The van der Waals surface area contributed by atoms with Gasteiger partial charge in [-0.2, -0.15) is 0 Å². The molecule has 10 heteroatoms. The van der Waals surface area contributed by atoms with E-state index >= 15 is 0 Å². The number of fused-ring (bicyclic) bond motifs is 1. The van der Waals surface area contributed by atoms with Crippen molar-refractivity contribution in [3.63, 3.8) is 0 Å². The van der Waals surface area contributed by atoms with Gasteiger partial charge in [0.15, 0.2) is 5.65 Å². The number of halogens is 1. The Labute approximate surface area is 168 Å². The third-order valence-electron chi connectivity index (χ3n) is 4.93. The Morgan fingerprint density at radius 1 is 1.32 bits per heavy atom. The van der Waals surface area contributed by atoms with E-state index in [4.69, 9.17) is 11.6 Å². The molecule has 0 spiro atoms. The second-order valence-corrected chi connectivity index (χ2v) is 9.40. The van der Waals surface area contributed by atoms with Gasteiger partial charge in [0, 0.05) is 43.8 Å². The number of anilines is 1. The normalized spacial score (nSPS) is 18.4. The first-order chi connectivity index (χ1) is 13.4. The molecule has 0 saturated carbocycles. The van der Waals surface area contributed by atoms with Crippen LogP contribution in [0.3, 0.4) is 0 Å². The van der Waals surface area contributed by atoms with Crippen LogP contribution in [0.15, 0.2) is 30.7 Å². The second-order valence-electron chi connectivity index (χ2n) is 7.03. The Kier molecular flexibility index (Phi) is 5.22. The first-order valence-corrected chi connectivity index (χ1v) is 11.3. The molecule has 1 aliphatic rings. The highest BCUT2D eigenvalue weighted by Crippen LogP contribution is 2.29. The van der Waals surface area contributed by atoms with Crippen LogP contribution >= 0.6 is 11.6 Å². The molecule has 1 fully saturated rings. The first-order valence-electron chi connectivity index (χ1n) is 9.05. The summed E-state index contributed by atoms with van der Waals surface area (Å²) in [5.41, 5.74) is 3.27. The fourth-order valence-electron chi connectivity index (χ4n) is 3.56. The van der Waals surface area contributed by atoms with E-state index in [9.17, 15) is 8.42 Å². The fraction of sp³-hybridized carbons (Fsp3) is 0.389. The van der Waals surface area contributed by atoms with Crippen molar-refractivity contribution in [1.82, 2.24) is 24.2 Å². The number of pyridine rings is 1. The van der Waals surface area contributed by atoms with Gasteiger partial charge in [0.2, 0.25) is 10.0 Å². The highest BCUT2D eigenvalue weighted by Gasteiger charge is 2.25. The van der Waals surface area contributed by atoms with Crippen LogP contribution in [0, 0.1) is 5.92 Å². The fourth-order valence-corrected chi connectivity index (χ4v) is 4.71. The standard InChI is InChI=1S/C18H21ClN6O2S/c1-28(26,27)25-6-2-3-12(11-25)9-22-16-8-13(7-15(19)24-16)14-10-23-18-17(14)20-4-5-21-18/h4-5,7-8,10,12H,2-3,6,9,11H2,1H3,(H,21,23)(H,22,24). The summed E-state index contributed by atoms with van der Waals surface area (Å²) in [6.07, 6.45) is 8.24. The number of hydrogen-bond acceptors (Lipinski definition) is 6. The van der Waals surface area contributed by atoms with Crippen LogP contribution in [0.5, 0.6) is 0 Å². The minimum Gasteiger partial charge on any atom is -0.370 e. The summed E-state index contributed by atoms with van der Waals surface area (Å²) in [5, 5.41) is 3.69. The second kappa shape index (κ2) is 7.65. The average molecular weight is 421 g/mol. The van der Waals surface area contributed by atoms with Gasteiger partial charge in [-0.1, -0.05) is 11.6 Å². The van der Waals surface area contributed by atoms with Crippen molar-refractivity contribution in [3.05, 3.63) is 35.9 Å². The smallest absolute Gasteiger partial charge is 0.211 e. The van der Waals surface area contributed by atoms with Gasteiger partial charge in [0.25, 0.3) is 0 Å². The third kappa shape index (κ3) is 4.11. The Morgan fingerprint density at radius 3 is 2.96 bits per heavy atom. The number of rotatable bonds is 5. The Bertz CT molecular complexity index is 1100. The summed E-state index contributed by atoms with van der Waals surface area (Å²) in [6.45, 7) is 1.75. The van der Waals surface area contributed by atoms with E-state index in [0.29, 0.717) is 36.3 Å². The molecule has 3 aromatic rings. The molecule has 28 heavy (non-hydrogen) atoms. The topological polar surface area (TPSA) is 104 Å². The van der Waals surface area contributed by atoms with Crippen LogP contribution in [-0.4, -0.2) is 58.5 Å². The lowest BCUT2D eigenvalue weighted by Crippen LogP contribution is -2.41. The molecule has 8 nitrogen and oxygen atoms in total. The number of H-pyrrole nitrogens is 1. The maximum absolute atomic E-state index is 11.8. The molecule has 1 unspecified atom stereocenters. The number of piperidine rings is 1. The van der Waals surface area contributed by atoms with Crippen LogP contribution in [0.1, 0.15) is 12.8 Å². The summed E-state index contributed by atoms with van der Waals surface area (Å²) < 4.78 is 25.1. The molecule has 1 atom stereocenters. The zero-order chi connectivity index (χ0) is 19.7. The molecule has 148 valence electrons. The van der Waals surface area contributed by atoms with Gasteiger partial charge >= 0.3 is 0 Å². The van der Waals surface area contributed by atoms with E-state index < -0.39 is 10.0 Å². The molecule has 4 rings (SSSR count). The number of sulfonamides is 1. The number of nitrogens with zero attached hydrogens (tertiary/aromatic N) is 4. The number of hydrogen-bond donors (Lipinski definition) is 2. The highest BCUT2D eigenvalue weighted by atomic mass is 35.5. The zero-order valence-electron chi connectivity index (χ0n) is 15.4. The zero-order valence-corrected chi connectivity index (χ0v) is 17.0. The van der Waals surface area contributed by atoms with Gasteiger partial charge in [-0.3, -0.25) is 4.98 Å². The molecule has 4 heterocycles. The van der Waals surface area contributed by atoms with Crippen molar-refractivity contribution < 1.29 is 8.42 Å². The maximum Gasteiger partial charge on any atom is 0.211 e. The predicted octanol–water partition coefficient (Wildman–Crippen LogP) is 2.76. The van der Waals surface area contributed by atoms with Crippen LogP contribution in [0.25, 0.3) is 22.3 Å². The lowest BCUT2D eigenvalue weighted by Gasteiger charge is -2.31. The minimum atomic E-state index is -3.15. The van der Waals surface area contributed by atoms with Crippen molar-refractivity contribution in [3.8, 4) is 11.1 Å². The van der Waals surface area contributed by atoms with Gasteiger partial charge in [0.1, 0.15) is 16.5 Å². The predicted molar refractivity (Wildman–Crippen MR) is 110 cm³/mol. The largest absolute Gasteiger partial charge is 0.370 e. The average Bonchev–Trinajstić information content (AvgIpc) is 3.10. The number of aromatic nitrogens is 4. The van der Waals surface area contributed by atoms with Gasteiger partial charge in [-0.05, 0) is 36.5 Å². The summed E-state index contributed by atoms with van der Waals surface area (Å²) >= 11 is 6.24. The van der Waals surface area contributed by atoms with E-state index in [0.717, 1.165) is 29.5 Å². The third-order valence-corrected chi connectivity index (χ3v) is 6.40. The van der Waals surface area contributed by atoms with E-state index in [-0.39, 0.29) is 5.92 Å². The highest BCUT2D eigenvalue weighted by molar-refractivity contribution is 7.88. The molecule has 1 aliphatic heterocycles. The summed E-state index contributed by atoms with van der Waals surface area (Å²) in [7, 11) is -3.15. The number of nitrogens with one attached hydrogen (secondary N) is 2. The SMILES string of the molecule is CS(=O)(=O)N1CCCC(CNc2cc(-c3c[nH]c4nccnc34)cc(Cl)n2)C1. The van der Waals surface area contributed by atoms with Crippen LogP contribution in [0.4, 0.5) is 5.82 Å². The minimum absolute atomic E-state index is 0.228. The molecular formula is C18H21ClN6O2S. The molecular weight excluding hydrogens is 400 g/mol. The van der Waals surface area contributed by atoms with Crippen molar-refractivity contribution in [1.29, 1.82) is 0 Å². The van der Waals surface area contributed by atoms with Crippen molar-refractivity contribution in [2.24, 2.45) is 5.92 Å². The quantitative estimate of drug-likeness (QED) is 0.615. The molecule has 0 aliphatic carbocycles. The summed E-state index contributed by atoms with van der Waals surface area (Å²) in [6, 6.07) is 3.70.